The second-order valence-corrected chi connectivity index (χ2v) is 5.15. The minimum atomic E-state index is -0.761. The average Bonchev–Trinajstić information content (AvgIpc) is 2.89. The molecule has 116 valence electrons. The van der Waals surface area contributed by atoms with Crippen LogP contribution in [-0.4, -0.2) is 15.8 Å². The highest BCUT2D eigenvalue weighted by Crippen LogP contribution is 2.26. The number of halogens is 2. The van der Waals surface area contributed by atoms with Crippen molar-refractivity contribution in [3.8, 4) is 0 Å². The van der Waals surface area contributed by atoms with Crippen LogP contribution in [0.3, 0.4) is 0 Å². The molecule has 0 unspecified atom stereocenters. The van der Waals surface area contributed by atoms with E-state index in [9.17, 15) is 8.78 Å². The molecule has 0 saturated carbocycles. The number of rotatable bonds is 3. The van der Waals surface area contributed by atoms with Crippen LogP contribution in [0, 0.1) is 17.0 Å². The van der Waals surface area contributed by atoms with E-state index < -0.39 is 11.6 Å². The van der Waals surface area contributed by atoms with Crippen LogP contribution in [0.25, 0.3) is 22.3 Å². The normalized spacial score (nSPS) is 12.3. The molecule has 6 heteroatoms. The smallest absolute Gasteiger partial charge is 0.135 e. The first-order chi connectivity index (χ1) is 11.0. The highest BCUT2D eigenvalue weighted by Gasteiger charge is 2.13. The Morgan fingerprint density at radius 2 is 2.00 bits per heavy atom. The second kappa shape index (κ2) is 5.64. The van der Waals surface area contributed by atoms with Gasteiger partial charge >= 0.3 is 0 Å². The molecule has 1 heterocycles. The molecule has 1 aromatic heterocycles. The molecule has 2 aromatic carbocycles. The van der Waals surface area contributed by atoms with E-state index in [1.807, 2.05) is 23.7 Å². The Morgan fingerprint density at radius 3 is 2.70 bits per heavy atom. The SMILES string of the molecule is Cn1cnc2ccc(C(C=N)=C(N)c3ccc(F)cc3F)cc21. The lowest BCUT2D eigenvalue weighted by Gasteiger charge is -2.10. The van der Waals surface area contributed by atoms with Gasteiger partial charge in [-0.1, -0.05) is 6.07 Å². The maximum atomic E-state index is 13.9. The van der Waals surface area contributed by atoms with E-state index in [-0.39, 0.29) is 11.3 Å². The Kier molecular flexibility index (Phi) is 3.65. The van der Waals surface area contributed by atoms with Gasteiger partial charge in [0.15, 0.2) is 0 Å². The molecule has 23 heavy (non-hydrogen) atoms. The van der Waals surface area contributed by atoms with Crippen molar-refractivity contribution in [2.45, 2.75) is 0 Å². The average molecular weight is 312 g/mol. The van der Waals surface area contributed by atoms with Gasteiger partial charge in [0.2, 0.25) is 0 Å². The Labute approximate surface area is 131 Å². The number of hydrogen-bond acceptors (Lipinski definition) is 3. The number of nitrogens with zero attached hydrogens (tertiary/aromatic N) is 2. The van der Waals surface area contributed by atoms with Crippen molar-refractivity contribution >= 4 is 28.5 Å². The molecule has 0 saturated heterocycles. The number of allylic oxidation sites excluding steroid dienone is 1. The lowest BCUT2D eigenvalue weighted by Crippen LogP contribution is -2.05. The van der Waals surface area contributed by atoms with Crippen LogP contribution in [0.15, 0.2) is 42.7 Å². The van der Waals surface area contributed by atoms with Crippen molar-refractivity contribution in [3.63, 3.8) is 0 Å². The standard InChI is InChI=1S/C17H14F2N4/c1-23-9-22-15-5-2-10(6-16(15)23)13(8-20)17(21)12-4-3-11(18)7-14(12)19/h2-9,20H,21H2,1H3. The van der Waals surface area contributed by atoms with Crippen molar-refractivity contribution in [3.05, 3.63) is 65.5 Å². The van der Waals surface area contributed by atoms with Crippen LogP contribution in [0.2, 0.25) is 0 Å². The molecule has 0 aliphatic heterocycles. The highest BCUT2D eigenvalue weighted by molar-refractivity contribution is 6.18. The van der Waals surface area contributed by atoms with Crippen molar-refractivity contribution in [1.29, 1.82) is 5.41 Å². The third-order valence-corrected chi connectivity index (χ3v) is 3.69. The van der Waals surface area contributed by atoms with Gasteiger partial charge in [-0.25, -0.2) is 13.8 Å². The minimum Gasteiger partial charge on any atom is -0.398 e. The van der Waals surface area contributed by atoms with Crippen molar-refractivity contribution in [2.75, 3.05) is 0 Å². The molecule has 3 aromatic rings. The van der Waals surface area contributed by atoms with E-state index in [1.165, 1.54) is 6.07 Å². The molecule has 0 aliphatic rings. The maximum absolute atomic E-state index is 13.9. The molecule has 4 nitrogen and oxygen atoms in total. The van der Waals surface area contributed by atoms with Crippen LogP contribution in [0.5, 0.6) is 0 Å². The number of nitrogens with two attached hydrogens (primary N) is 1. The van der Waals surface area contributed by atoms with Crippen LogP contribution in [0.4, 0.5) is 8.78 Å². The Morgan fingerprint density at radius 1 is 1.22 bits per heavy atom. The fourth-order valence-electron chi connectivity index (χ4n) is 2.46. The Bertz CT molecular complexity index is 941. The monoisotopic (exact) mass is 312 g/mol. The summed E-state index contributed by atoms with van der Waals surface area (Å²) in [6, 6.07) is 8.58. The number of hydrogen-bond donors (Lipinski definition) is 2. The molecular weight excluding hydrogens is 298 g/mol. The molecule has 0 atom stereocenters. The van der Waals surface area contributed by atoms with Gasteiger partial charge in [-0.2, -0.15) is 0 Å². The number of fused-ring (bicyclic) bond motifs is 1. The summed E-state index contributed by atoms with van der Waals surface area (Å²) in [6.45, 7) is 0. The topological polar surface area (TPSA) is 67.7 Å². The largest absolute Gasteiger partial charge is 0.398 e. The van der Waals surface area contributed by atoms with Crippen LogP contribution < -0.4 is 5.73 Å². The lowest BCUT2D eigenvalue weighted by atomic mass is 10.00. The van der Waals surface area contributed by atoms with Crippen molar-refractivity contribution in [2.24, 2.45) is 12.8 Å². The van der Waals surface area contributed by atoms with E-state index in [4.69, 9.17) is 11.1 Å². The summed E-state index contributed by atoms with van der Waals surface area (Å²) in [6.07, 6.45) is 2.75. The van der Waals surface area contributed by atoms with E-state index in [0.717, 1.165) is 29.4 Å². The van der Waals surface area contributed by atoms with E-state index in [1.54, 1.807) is 12.4 Å². The van der Waals surface area contributed by atoms with E-state index in [2.05, 4.69) is 4.98 Å². The Balaban J connectivity index is 2.19. The molecule has 3 rings (SSSR count). The first-order valence-electron chi connectivity index (χ1n) is 6.88. The summed E-state index contributed by atoms with van der Waals surface area (Å²) >= 11 is 0. The predicted molar refractivity (Wildman–Crippen MR) is 86.9 cm³/mol. The zero-order valence-electron chi connectivity index (χ0n) is 12.3. The van der Waals surface area contributed by atoms with Crippen LogP contribution in [-0.2, 0) is 7.05 Å². The van der Waals surface area contributed by atoms with Gasteiger partial charge in [0.1, 0.15) is 11.6 Å². The molecule has 0 bridgehead atoms. The number of aromatic nitrogens is 2. The summed E-state index contributed by atoms with van der Waals surface area (Å²) < 4.78 is 28.8. The summed E-state index contributed by atoms with van der Waals surface area (Å²) in [5, 5.41) is 7.63. The summed E-state index contributed by atoms with van der Waals surface area (Å²) in [5.74, 6) is -1.43. The quantitative estimate of drug-likeness (QED) is 0.575. The fraction of sp³-hybridized carbons (Fsp3) is 0.0588. The molecule has 0 fully saturated rings. The molecule has 3 N–H and O–H groups in total. The Hall–Kier alpha value is -3.02. The first-order valence-corrected chi connectivity index (χ1v) is 6.88. The third-order valence-electron chi connectivity index (χ3n) is 3.69. The molecule has 0 aliphatic carbocycles. The van der Waals surface area contributed by atoms with E-state index >= 15 is 0 Å². The fourth-order valence-corrected chi connectivity index (χ4v) is 2.46. The highest BCUT2D eigenvalue weighted by atomic mass is 19.1. The number of benzene rings is 2. The van der Waals surface area contributed by atoms with Crippen molar-refractivity contribution in [1.82, 2.24) is 9.55 Å². The van der Waals surface area contributed by atoms with Crippen LogP contribution in [0.1, 0.15) is 11.1 Å². The lowest BCUT2D eigenvalue weighted by molar-refractivity contribution is 0.581. The molecule has 0 amide bonds. The van der Waals surface area contributed by atoms with Crippen LogP contribution >= 0.6 is 0 Å². The van der Waals surface area contributed by atoms with Gasteiger partial charge in [-0.3, -0.25) is 0 Å². The number of imidazole rings is 1. The maximum Gasteiger partial charge on any atom is 0.135 e. The van der Waals surface area contributed by atoms with Gasteiger partial charge in [0.05, 0.1) is 23.1 Å². The summed E-state index contributed by atoms with van der Waals surface area (Å²) in [5.41, 5.74) is 8.89. The molecule has 0 spiro atoms. The van der Waals surface area contributed by atoms with Gasteiger partial charge in [-0.15, -0.1) is 0 Å². The van der Waals surface area contributed by atoms with Gasteiger partial charge < -0.3 is 15.7 Å². The zero-order valence-corrected chi connectivity index (χ0v) is 12.3. The third kappa shape index (κ3) is 2.59. The van der Waals surface area contributed by atoms with Gasteiger partial charge in [-0.05, 0) is 29.8 Å². The second-order valence-electron chi connectivity index (χ2n) is 5.15. The van der Waals surface area contributed by atoms with Gasteiger partial charge in [0.25, 0.3) is 0 Å². The minimum absolute atomic E-state index is 0.0648. The number of aryl methyl sites for hydroxylation is 1. The summed E-state index contributed by atoms with van der Waals surface area (Å²) in [7, 11) is 1.86. The first kappa shape index (κ1) is 14.9. The summed E-state index contributed by atoms with van der Waals surface area (Å²) in [4.78, 5) is 4.23. The van der Waals surface area contributed by atoms with Crippen molar-refractivity contribution < 1.29 is 8.78 Å². The van der Waals surface area contributed by atoms with E-state index in [0.29, 0.717) is 11.1 Å². The number of nitrogens with one attached hydrogen (secondary N) is 1. The predicted octanol–water partition coefficient (Wildman–Crippen LogP) is 3.33. The molecule has 0 radical (unpaired) electrons. The molecular formula is C17H14F2N4. The van der Waals surface area contributed by atoms with Gasteiger partial charge in [0, 0.05) is 30.5 Å². The zero-order chi connectivity index (χ0) is 16.6.